The van der Waals surface area contributed by atoms with Crippen molar-refractivity contribution in [2.75, 3.05) is 25.7 Å². The summed E-state index contributed by atoms with van der Waals surface area (Å²) >= 11 is 0. The predicted octanol–water partition coefficient (Wildman–Crippen LogP) is 4.58. The molecule has 2 atom stereocenters. The number of methoxy groups -OCH3 is 1. The summed E-state index contributed by atoms with van der Waals surface area (Å²) in [4.78, 5) is 34.8. The molecule has 39 heavy (non-hydrogen) atoms. The first-order valence-electron chi connectivity index (χ1n) is 13.0. The number of amides is 2. The lowest BCUT2D eigenvalue weighted by Gasteiger charge is -2.37. The second-order valence-electron chi connectivity index (χ2n) is 11.0. The molecule has 1 aromatic carbocycles. The summed E-state index contributed by atoms with van der Waals surface area (Å²) in [5.41, 5.74) is 1.78. The quantitative estimate of drug-likeness (QED) is 0.369. The smallest absolute Gasteiger partial charge is 0.253 e. The number of benzene rings is 1. The van der Waals surface area contributed by atoms with Gasteiger partial charge in [0.05, 0.1) is 6.61 Å². The Hall–Kier alpha value is -3.58. The van der Waals surface area contributed by atoms with Crippen molar-refractivity contribution in [2.24, 2.45) is 0 Å². The van der Waals surface area contributed by atoms with Crippen LogP contribution in [0.1, 0.15) is 63.6 Å². The van der Waals surface area contributed by atoms with Crippen molar-refractivity contribution >= 4 is 17.5 Å². The molecule has 3 rings (SSSR count). The maximum Gasteiger partial charge on any atom is 0.253 e. The Kier molecular flexibility index (Phi) is 9.62. The van der Waals surface area contributed by atoms with Crippen LogP contribution in [0.5, 0.6) is 0 Å². The number of carbonyl (C=O) groups excluding carboxylic acids is 2. The number of pyridine rings is 1. The van der Waals surface area contributed by atoms with Gasteiger partial charge in [0.2, 0.25) is 11.8 Å². The first-order valence-corrected chi connectivity index (χ1v) is 13.0. The maximum absolute atomic E-state index is 14.2. The highest BCUT2D eigenvalue weighted by molar-refractivity contribution is 6.04. The molecule has 0 aliphatic heterocycles. The first kappa shape index (κ1) is 30.0. The topological polar surface area (TPSA) is 98.6 Å². The Labute approximate surface area is 229 Å². The number of anilines is 1. The lowest BCUT2D eigenvalue weighted by atomic mass is 9.87. The van der Waals surface area contributed by atoms with Crippen LogP contribution in [0, 0.1) is 11.5 Å². The second kappa shape index (κ2) is 12.5. The summed E-state index contributed by atoms with van der Waals surface area (Å²) in [6, 6.07) is 8.06. The highest BCUT2D eigenvalue weighted by Gasteiger charge is 2.40. The van der Waals surface area contributed by atoms with Crippen LogP contribution in [-0.2, 0) is 19.7 Å². The Bertz CT molecular complexity index is 1150. The molecule has 0 radical (unpaired) electrons. The largest absolute Gasteiger partial charge is 0.382 e. The average molecular weight is 542 g/mol. The lowest BCUT2D eigenvalue weighted by molar-refractivity contribution is -0.130. The Morgan fingerprint density at radius 3 is 2.36 bits per heavy atom. The van der Waals surface area contributed by atoms with Gasteiger partial charge < -0.3 is 10.1 Å². The number of nitrogens with zero attached hydrogens (tertiary/aromatic N) is 4. The number of rotatable bonds is 9. The fourth-order valence-electron chi connectivity index (χ4n) is 4.68. The molecule has 10 heteroatoms. The van der Waals surface area contributed by atoms with E-state index in [1.54, 1.807) is 30.5 Å². The van der Waals surface area contributed by atoms with E-state index in [0.29, 0.717) is 11.3 Å². The van der Waals surface area contributed by atoms with Gasteiger partial charge in [0.15, 0.2) is 6.19 Å². The molecule has 2 aromatic rings. The van der Waals surface area contributed by atoms with Gasteiger partial charge >= 0.3 is 0 Å². The zero-order valence-corrected chi connectivity index (χ0v) is 23.2. The van der Waals surface area contributed by atoms with E-state index in [1.165, 1.54) is 30.2 Å². The molecule has 1 N–H and O–H groups in total. The number of carbonyl (C=O) groups is 2. The van der Waals surface area contributed by atoms with Gasteiger partial charge in [0.25, 0.3) is 5.91 Å². The van der Waals surface area contributed by atoms with Gasteiger partial charge in [-0.3, -0.25) is 24.4 Å². The molecule has 0 saturated heterocycles. The number of likely N-dealkylation sites (N-methyl/N-ethyl adjacent to an activating group) is 1. The third-order valence-corrected chi connectivity index (χ3v) is 7.05. The van der Waals surface area contributed by atoms with Crippen molar-refractivity contribution in [3.05, 3.63) is 59.9 Å². The molecule has 0 bridgehead atoms. The maximum atomic E-state index is 14.2. The van der Waals surface area contributed by atoms with Crippen molar-refractivity contribution in [3.8, 4) is 6.19 Å². The van der Waals surface area contributed by atoms with Crippen molar-refractivity contribution in [3.63, 3.8) is 0 Å². The van der Waals surface area contributed by atoms with Crippen LogP contribution in [0.25, 0.3) is 0 Å². The Morgan fingerprint density at radius 1 is 1.21 bits per heavy atom. The summed E-state index contributed by atoms with van der Waals surface area (Å²) in [6.45, 7) is 6.13. The molecule has 2 unspecified atom stereocenters. The molecule has 1 heterocycles. The van der Waals surface area contributed by atoms with E-state index in [-0.39, 0.29) is 37.7 Å². The van der Waals surface area contributed by atoms with Gasteiger partial charge in [0, 0.05) is 56.7 Å². The van der Waals surface area contributed by atoms with E-state index >= 15 is 0 Å². The van der Waals surface area contributed by atoms with Gasteiger partial charge in [0.1, 0.15) is 12.1 Å². The Morgan fingerprint density at radius 2 is 1.85 bits per heavy atom. The van der Waals surface area contributed by atoms with Crippen molar-refractivity contribution in [1.82, 2.24) is 15.2 Å². The van der Waals surface area contributed by atoms with E-state index in [0.717, 1.165) is 5.56 Å². The molecule has 1 aliphatic rings. The normalized spacial score (nSPS) is 17.0. The summed E-state index contributed by atoms with van der Waals surface area (Å²) in [7, 11) is 2.90. The van der Waals surface area contributed by atoms with Crippen LogP contribution < -0.4 is 10.2 Å². The fraction of sp³-hybridized carbons (Fsp3) is 0.517. The van der Waals surface area contributed by atoms with Gasteiger partial charge in [-0.15, -0.1) is 0 Å². The summed E-state index contributed by atoms with van der Waals surface area (Å²) in [6.07, 6.45) is 4.68. The number of halogens is 2. The van der Waals surface area contributed by atoms with Crippen molar-refractivity contribution < 1.29 is 23.1 Å². The highest BCUT2D eigenvalue weighted by atomic mass is 19.3. The van der Waals surface area contributed by atoms with Gasteiger partial charge in [-0.05, 0) is 42.0 Å². The first-order chi connectivity index (χ1) is 18.4. The van der Waals surface area contributed by atoms with E-state index in [9.17, 15) is 23.6 Å². The SMILES string of the molecule is COCC(C(=O)N(c1ccc(C(C)(C)C)cc1)C(C(=O)NC1CCC(F)(F)CC1)c1cccnc1)N(C)C#N. The number of aromatic nitrogens is 1. The van der Waals surface area contributed by atoms with Crippen molar-refractivity contribution in [2.45, 2.75) is 75.9 Å². The number of alkyl halides is 2. The highest BCUT2D eigenvalue weighted by Crippen LogP contribution is 2.35. The molecular weight excluding hydrogens is 504 g/mol. The average Bonchev–Trinajstić information content (AvgIpc) is 2.90. The fourth-order valence-corrected chi connectivity index (χ4v) is 4.68. The summed E-state index contributed by atoms with van der Waals surface area (Å²) in [5, 5.41) is 12.5. The molecule has 1 fully saturated rings. The van der Waals surface area contributed by atoms with Crippen LogP contribution in [0.3, 0.4) is 0 Å². The molecule has 0 spiro atoms. The molecule has 2 amide bonds. The Balaban J connectivity index is 2.10. The standard InChI is InChI=1S/C29H37F2N5O3/c1-28(2,3)21-8-10-23(11-9-21)36(27(38)24(18-39-5)35(4)19-32)25(20-7-6-16-33-17-20)26(37)34-22-12-14-29(30,31)15-13-22/h6-11,16-17,22,24-25H,12-15,18H2,1-5H3,(H,34,37). The van der Waals surface area contributed by atoms with E-state index in [1.807, 2.05) is 18.3 Å². The van der Waals surface area contributed by atoms with Gasteiger partial charge in [-0.2, -0.15) is 5.26 Å². The number of ether oxygens (including phenoxy) is 1. The van der Waals surface area contributed by atoms with E-state index < -0.39 is 35.9 Å². The lowest BCUT2D eigenvalue weighted by Crippen LogP contribution is -2.54. The second-order valence-corrected chi connectivity index (χ2v) is 11.0. The number of hydrogen-bond acceptors (Lipinski definition) is 6. The van der Waals surface area contributed by atoms with Crippen LogP contribution in [0.15, 0.2) is 48.8 Å². The van der Waals surface area contributed by atoms with Crippen LogP contribution in [0.4, 0.5) is 14.5 Å². The summed E-state index contributed by atoms with van der Waals surface area (Å²) < 4.78 is 32.8. The predicted molar refractivity (Wildman–Crippen MR) is 144 cm³/mol. The molecule has 210 valence electrons. The van der Waals surface area contributed by atoms with Crippen LogP contribution >= 0.6 is 0 Å². The molecule has 1 aromatic heterocycles. The minimum Gasteiger partial charge on any atom is -0.382 e. The van der Waals surface area contributed by atoms with Crippen LogP contribution in [0.2, 0.25) is 0 Å². The number of hydrogen-bond donors (Lipinski definition) is 1. The van der Waals surface area contributed by atoms with Gasteiger partial charge in [-0.25, -0.2) is 8.78 Å². The molecular formula is C29H37F2N5O3. The molecule has 1 saturated carbocycles. The molecule has 1 aliphatic carbocycles. The monoisotopic (exact) mass is 541 g/mol. The third kappa shape index (κ3) is 7.51. The minimum absolute atomic E-state index is 0.0848. The summed E-state index contributed by atoms with van der Waals surface area (Å²) in [5.74, 6) is -3.78. The number of nitrogens with one attached hydrogen (secondary N) is 1. The van der Waals surface area contributed by atoms with Crippen molar-refractivity contribution in [1.29, 1.82) is 5.26 Å². The van der Waals surface area contributed by atoms with E-state index in [2.05, 4.69) is 31.1 Å². The number of nitriles is 1. The molecule has 8 nitrogen and oxygen atoms in total. The van der Waals surface area contributed by atoms with E-state index in [4.69, 9.17) is 4.74 Å². The van der Waals surface area contributed by atoms with Gasteiger partial charge in [-0.1, -0.05) is 39.0 Å². The zero-order chi connectivity index (χ0) is 28.8. The minimum atomic E-state index is -2.74. The third-order valence-electron chi connectivity index (χ3n) is 7.05. The van der Waals surface area contributed by atoms with Crippen LogP contribution in [-0.4, -0.2) is 60.5 Å². The zero-order valence-electron chi connectivity index (χ0n) is 23.2.